The predicted molar refractivity (Wildman–Crippen MR) is 130 cm³/mol. The molecule has 0 aromatic heterocycles. The van der Waals surface area contributed by atoms with Gasteiger partial charge in [0.05, 0.1) is 19.1 Å². The molecular formula is C26H31N3O6. The number of carboxylic acid groups (broad SMARTS) is 1. The summed E-state index contributed by atoms with van der Waals surface area (Å²) in [6.45, 7) is 0.631. The van der Waals surface area contributed by atoms with E-state index < -0.39 is 5.97 Å². The number of rotatable bonds is 9. The van der Waals surface area contributed by atoms with E-state index in [9.17, 15) is 14.4 Å². The Labute approximate surface area is 204 Å². The maximum Gasteiger partial charge on any atom is 0.306 e. The topological polar surface area (TPSA) is 126 Å². The molecule has 2 aromatic carbocycles. The molecule has 9 nitrogen and oxygen atoms in total. The van der Waals surface area contributed by atoms with Gasteiger partial charge in [0.1, 0.15) is 17.5 Å². The molecule has 9 heteroatoms. The minimum absolute atomic E-state index is 0.00179. The van der Waals surface area contributed by atoms with Gasteiger partial charge in [-0.15, -0.1) is 0 Å². The highest BCUT2D eigenvalue weighted by Crippen LogP contribution is 2.30. The fraction of sp³-hybridized carbons (Fsp3) is 0.423. The summed E-state index contributed by atoms with van der Waals surface area (Å²) in [5.41, 5.74) is 2.47. The van der Waals surface area contributed by atoms with E-state index in [2.05, 4.69) is 16.0 Å². The summed E-state index contributed by atoms with van der Waals surface area (Å²) < 4.78 is 11.2. The summed E-state index contributed by atoms with van der Waals surface area (Å²) in [6, 6.07) is 12.2. The molecule has 1 aliphatic carbocycles. The largest absolute Gasteiger partial charge is 0.497 e. The van der Waals surface area contributed by atoms with Crippen molar-refractivity contribution in [2.24, 2.45) is 5.92 Å². The van der Waals surface area contributed by atoms with E-state index in [4.69, 9.17) is 14.6 Å². The van der Waals surface area contributed by atoms with Crippen molar-refractivity contribution in [3.63, 3.8) is 0 Å². The summed E-state index contributed by atoms with van der Waals surface area (Å²) in [7, 11) is 1.61. The number of hydrogen-bond donors (Lipinski definition) is 4. The fourth-order valence-electron chi connectivity index (χ4n) is 4.50. The number of nitrogens with one attached hydrogen (secondary N) is 3. The van der Waals surface area contributed by atoms with Crippen LogP contribution in [-0.2, 0) is 16.0 Å². The molecule has 4 N–H and O–H groups in total. The Kier molecular flexibility index (Phi) is 7.74. The predicted octanol–water partition coefficient (Wildman–Crippen LogP) is 2.60. The summed E-state index contributed by atoms with van der Waals surface area (Å²) >= 11 is 0. The van der Waals surface area contributed by atoms with Crippen molar-refractivity contribution in [2.45, 2.75) is 44.2 Å². The zero-order valence-corrected chi connectivity index (χ0v) is 19.7. The minimum atomic E-state index is -0.736. The number of amides is 2. The number of carbonyl (C=O) groups is 3. The molecule has 35 heavy (non-hydrogen) atoms. The van der Waals surface area contributed by atoms with Crippen LogP contribution in [0.5, 0.6) is 11.5 Å². The summed E-state index contributed by atoms with van der Waals surface area (Å²) in [4.78, 5) is 36.0. The Hall–Kier alpha value is -3.75. The third-order valence-corrected chi connectivity index (χ3v) is 6.54. The molecule has 0 spiro atoms. The molecule has 0 radical (unpaired) electrons. The van der Waals surface area contributed by atoms with Crippen molar-refractivity contribution >= 4 is 23.5 Å². The number of anilines is 1. The van der Waals surface area contributed by atoms with Crippen molar-refractivity contribution in [3.05, 3.63) is 53.6 Å². The number of methoxy groups -OCH3 is 1. The van der Waals surface area contributed by atoms with Crippen molar-refractivity contribution in [1.82, 2.24) is 10.6 Å². The Bertz CT molecular complexity index is 1060. The lowest BCUT2D eigenvalue weighted by Gasteiger charge is -2.26. The molecule has 1 aliphatic heterocycles. The van der Waals surface area contributed by atoms with Crippen LogP contribution >= 0.6 is 0 Å². The second-order valence-corrected chi connectivity index (χ2v) is 8.93. The van der Waals surface area contributed by atoms with Crippen LogP contribution in [0.3, 0.4) is 0 Å². The van der Waals surface area contributed by atoms with Crippen molar-refractivity contribution in [2.75, 3.05) is 25.5 Å². The number of aliphatic carboxylic acids is 1. The number of benzene rings is 2. The first-order chi connectivity index (χ1) is 16.9. The molecule has 1 atom stereocenters. The number of carboxylic acids is 1. The maximum atomic E-state index is 12.5. The van der Waals surface area contributed by atoms with E-state index in [0.717, 1.165) is 17.0 Å². The zero-order chi connectivity index (χ0) is 24.8. The van der Waals surface area contributed by atoms with Crippen LogP contribution in [0, 0.1) is 5.92 Å². The lowest BCUT2D eigenvalue weighted by Crippen LogP contribution is -2.42. The number of carbonyl (C=O) groups excluding carboxylic acids is 2. The van der Waals surface area contributed by atoms with E-state index >= 15 is 0 Å². The number of fused-ring (bicyclic) bond motifs is 1. The summed E-state index contributed by atoms with van der Waals surface area (Å²) in [5.74, 6) is 0.0399. The molecule has 4 rings (SSSR count). The van der Waals surface area contributed by atoms with Gasteiger partial charge in [-0.25, -0.2) is 0 Å². The van der Waals surface area contributed by atoms with E-state index in [1.807, 2.05) is 18.2 Å². The van der Waals surface area contributed by atoms with Crippen molar-refractivity contribution in [3.8, 4) is 11.5 Å². The molecule has 1 unspecified atom stereocenters. The number of ether oxygens (including phenoxy) is 2. The Morgan fingerprint density at radius 3 is 2.34 bits per heavy atom. The monoisotopic (exact) mass is 481 g/mol. The first-order valence-corrected chi connectivity index (χ1v) is 11.9. The van der Waals surface area contributed by atoms with Crippen molar-refractivity contribution in [1.29, 1.82) is 0 Å². The van der Waals surface area contributed by atoms with Crippen LogP contribution < -0.4 is 25.4 Å². The van der Waals surface area contributed by atoms with Crippen LogP contribution in [0.1, 0.15) is 41.6 Å². The molecule has 2 aromatic rings. The second kappa shape index (κ2) is 11.1. The van der Waals surface area contributed by atoms with Crippen LogP contribution in [0.4, 0.5) is 5.69 Å². The maximum absolute atomic E-state index is 12.5. The van der Waals surface area contributed by atoms with E-state index in [1.165, 1.54) is 0 Å². The molecule has 1 heterocycles. The zero-order valence-electron chi connectivity index (χ0n) is 19.7. The van der Waals surface area contributed by atoms with E-state index in [1.54, 1.807) is 31.4 Å². The molecule has 0 bridgehead atoms. The van der Waals surface area contributed by atoms with Crippen LogP contribution in [-0.4, -0.2) is 55.2 Å². The average molecular weight is 482 g/mol. The first kappa shape index (κ1) is 24.4. The third-order valence-electron chi connectivity index (χ3n) is 6.54. The van der Waals surface area contributed by atoms with E-state index in [-0.39, 0.29) is 29.9 Å². The SMILES string of the molecule is COc1ccc2c(c1)NC(C(=O)NCCNC(=O)c1ccc(O[C@H]3CC[C@@H](C(=O)O)CC3)cc1)C2. The second-order valence-electron chi connectivity index (χ2n) is 8.93. The standard InChI is InChI=1S/C26H31N3O6/c1-34-21-11-6-18-14-23(29-22(18)15-21)25(31)28-13-12-27-24(30)16-2-7-19(8-3-16)35-20-9-4-17(5-10-20)26(32)33/h2-3,6-8,11,15,17,20,23,29H,4-5,9-10,12-14H2,1H3,(H,27,30)(H,28,31)(H,32,33)/t17-,20+,23?. The van der Waals surface area contributed by atoms with Gasteiger partial charge < -0.3 is 30.5 Å². The lowest BCUT2D eigenvalue weighted by molar-refractivity contribution is -0.143. The van der Waals surface area contributed by atoms with Crippen LogP contribution in [0.25, 0.3) is 0 Å². The molecule has 1 fully saturated rings. The van der Waals surface area contributed by atoms with Crippen LogP contribution in [0.2, 0.25) is 0 Å². The molecule has 2 amide bonds. The van der Waals surface area contributed by atoms with Gasteiger partial charge >= 0.3 is 5.97 Å². The Morgan fingerprint density at radius 1 is 0.971 bits per heavy atom. The molecular weight excluding hydrogens is 450 g/mol. The molecule has 2 aliphatic rings. The normalized spacial score (nSPS) is 20.8. The highest BCUT2D eigenvalue weighted by Gasteiger charge is 2.28. The fourth-order valence-corrected chi connectivity index (χ4v) is 4.50. The van der Waals surface area contributed by atoms with E-state index in [0.29, 0.717) is 56.5 Å². The first-order valence-electron chi connectivity index (χ1n) is 11.9. The lowest BCUT2D eigenvalue weighted by atomic mass is 9.87. The Balaban J connectivity index is 1.15. The summed E-state index contributed by atoms with van der Waals surface area (Å²) in [5, 5.41) is 18.0. The van der Waals surface area contributed by atoms with Gasteiger partial charge in [-0.2, -0.15) is 0 Å². The van der Waals surface area contributed by atoms with Crippen molar-refractivity contribution < 1.29 is 29.0 Å². The molecule has 0 saturated heterocycles. The van der Waals surface area contributed by atoms with Gasteiger partial charge in [-0.3, -0.25) is 14.4 Å². The molecule has 186 valence electrons. The van der Waals surface area contributed by atoms with Gasteiger partial charge in [-0.05, 0) is 61.6 Å². The van der Waals surface area contributed by atoms with Gasteiger partial charge in [0.25, 0.3) is 5.91 Å². The molecule has 1 saturated carbocycles. The van der Waals surface area contributed by atoms with Gasteiger partial charge in [0.15, 0.2) is 0 Å². The summed E-state index contributed by atoms with van der Waals surface area (Å²) in [6.07, 6.45) is 3.26. The Morgan fingerprint density at radius 2 is 1.66 bits per heavy atom. The van der Waals surface area contributed by atoms with Gasteiger partial charge in [0, 0.05) is 36.8 Å². The number of hydrogen-bond acceptors (Lipinski definition) is 6. The van der Waals surface area contributed by atoms with Crippen LogP contribution in [0.15, 0.2) is 42.5 Å². The quantitative estimate of drug-likeness (QED) is 0.406. The van der Waals surface area contributed by atoms with Gasteiger partial charge in [-0.1, -0.05) is 6.07 Å². The third kappa shape index (κ3) is 6.23. The highest BCUT2D eigenvalue weighted by atomic mass is 16.5. The average Bonchev–Trinajstić information content (AvgIpc) is 3.30. The van der Waals surface area contributed by atoms with Gasteiger partial charge in [0.2, 0.25) is 5.91 Å². The minimum Gasteiger partial charge on any atom is -0.497 e. The smallest absolute Gasteiger partial charge is 0.306 e. The highest BCUT2D eigenvalue weighted by molar-refractivity contribution is 5.94.